The number of carboxylic acids is 1. The number of nitrogens with two attached hydrogens (primary N) is 1. The number of nitrogen functional groups attached to an aromatic ring is 1. The topological polar surface area (TPSA) is 185 Å². The smallest absolute Gasteiger partial charge is 0.303 e. The van der Waals surface area contributed by atoms with Crippen LogP contribution in [0.1, 0.15) is 19.3 Å². The number of carboxylic acid groups (broad SMARTS) is 1. The number of benzene rings is 1. The number of aliphatic carboxylic acids is 1. The van der Waals surface area contributed by atoms with E-state index in [4.69, 9.17) is 58.2 Å². The summed E-state index contributed by atoms with van der Waals surface area (Å²) in [5.41, 5.74) is 6.42. The minimum atomic E-state index is -0.983. The average molecular weight is 663 g/mol. The molecule has 0 bridgehead atoms. The number of nitrogens with one attached hydrogen (secondary N) is 1. The van der Waals surface area contributed by atoms with Crippen LogP contribution in [0.4, 0.5) is 5.69 Å². The fourth-order valence-electron chi connectivity index (χ4n) is 3.39. The number of carbonyl (C=O) groups is 2. The third kappa shape index (κ3) is 28.8. The van der Waals surface area contributed by atoms with Gasteiger partial charge in [-0.2, -0.15) is 0 Å². The van der Waals surface area contributed by atoms with Crippen molar-refractivity contribution < 1.29 is 62.1 Å². The molecule has 0 heterocycles. The van der Waals surface area contributed by atoms with Gasteiger partial charge in [-0.1, -0.05) is 12.1 Å². The third-order valence-electron chi connectivity index (χ3n) is 5.73. The molecular formula is C31H54N2O13. The van der Waals surface area contributed by atoms with Gasteiger partial charge >= 0.3 is 5.97 Å². The normalized spacial score (nSPS) is 11.1. The molecule has 46 heavy (non-hydrogen) atoms. The monoisotopic (exact) mass is 662 g/mol. The Hall–Kier alpha value is -2.60. The second-order valence-electron chi connectivity index (χ2n) is 9.49. The van der Waals surface area contributed by atoms with Crippen LogP contribution in [-0.4, -0.2) is 149 Å². The van der Waals surface area contributed by atoms with Crippen LogP contribution in [0.25, 0.3) is 0 Å². The Morgan fingerprint density at radius 1 is 0.543 bits per heavy atom. The third-order valence-corrected chi connectivity index (χ3v) is 5.73. The maximum atomic E-state index is 11.4. The summed E-state index contributed by atoms with van der Waals surface area (Å²) in [7, 11) is 0. The molecule has 0 aliphatic carbocycles. The second kappa shape index (κ2) is 32.3. The number of ether oxygens (including phenoxy) is 10. The molecule has 1 aromatic rings. The minimum Gasteiger partial charge on any atom is -0.489 e. The molecule has 0 aliphatic rings. The maximum absolute atomic E-state index is 11.4. The standard InChI is InChI=1S/C31H54N2O13/c32-28-4-1-2-5-29(28)46-27-26-45-25-24-44-23-22-43-21-20-42-19-18-41-17-16-40-15-14-39-13-12-38-11-10-37-9-3-8-33-30(34)6-7-31(35)36/h1-2,4-5H,3,6-27,32H2,(H,33,34)(H,35,36). The first-order chi connectivity index (χ1) is 22.6. The molecule has 0 aromatic heterocycles. The summed E-state index contributed by atoms with van der Waals surface area (Å²) in [5, 5.41) is 11.2. The molecule has 0 saturated carbocycles. The highest BCUT2D eigenvalue weighted by Gasteiger charge is 2.04. The van der Waals surface area contributed by atoms with Crippen molar-refractivity contribution in [2.75, 3.05) is 138 Å². The Morgan fingerprint density at radius 2 is 0.913 bits per heavy atom. The maximum Gasteiger partial charge on any atom is 0.303 e. The molecule has 0 saturated heterocycles. The van der Waals surface area contributed by atoms with Gasteiger partial charge in [0.1, 0.15) is 12.4 Å². The lowest BCUT2D eigenvalue weighted by molar-refractivity contribution is -0.138. The van der Waals surface area contributed by atoms with Gasteiger partial charge < -0.3 is 63.5 Å². The van der Waals surface area contributed by atoms with Gasteiger partial charge in [-0.3, -0.25) is 9.59 Å². The first-order valence-electron chi connectivity index (χ1n) is 15.7. The first kappa shape index (κ1) is 41.4. The van der Waals surface area contributed by atoms with Gasteiger partial charge in [0, 0.05) is 19.6 Å². The Bertz CT molecular complexity index is 850. The van der Waals surface area contributed by atoms with Crippen molar-refractivity contribution in [2.45, 2.75) is 19.3 Å². The van der Waals surface area contributed by atoms with Crippen molar-refractivity contribution in [3.8, 4) is 5.75 Å². The summed E-state index contributed by atoms with van der Waals surface area (Å²) in [5.74, 6) is -0.590. The van der Waals surface area contributed by atoms with E-state index in [-0.39, 0.29) is 18.7 Å². The van der Waals surface area contributed by atoms with E-state index in [0.717, 1.165) is 0 Å². The van der Waals surface area contributed by atoms with Gasteiger partial charge in [0.25, 0.3) is 0 Å². The molecular weight excluding hydrogens is 608 g/mol. The summed E-state index contributed by atoms with van der Waals surface area (Å²) in [4.78, 5) is 21.8. The van der Waals surface area contributed by atoms with Crippen LogP contribution < -0.4 is 15.8 Å². The average Bonchev–Trinajstić information content (AvgIpc) is 3.05. The number of hydrogen-bond acceptors (Lipinski definition) is 13. The predicted octanol–water partition coefficient (Wildman–Crippen LogP) is 1.17. The van der Waals surface area contributed by atoms with Crippen LogP contribution in [0.5, 0.6) is 5.75 Å². The fourth-order valence-corrected chi connectivity index (χ4v) is 3.39. The molecule has 0 unspecified atom stereocenters. The molecule has 15 nitrogen and oxygen atoms in total. The summed E-state index contributed by atoms with van der Waals surface area (Å²) < 4.78 is 54.6. The summed E-state index contributed by atoms with van der Waals surface area (Å²) in [6.45, 7) is 9.48. The minimum absolute atomic E-state index is 0.0107. The van der Waals surface area contributed by atoms with Gasteiger partial charge in [-0.15, -0.1) is 0 Å². The first-order valence-corrected chi connectivity index (χ1v) is 15.7. The largest absolute Gasteiger partial charge is 0.489 e. The van der Waals surface area contributed by atoms with E-state index in [0.29, 0.717) is 150 Å². The lowest BCUT2D eigenvalue weighted by Crippen LogP contribution is -2.25. The molecule has 0 atom stereocenters. The van der Waals surface area contributed by atoms with Crippen molar-refractivity contribution in [3.63, 3.8) is 0 Å². The zero-order valence-electron chi connectivity index (χ0n) is 27.0. The highest BCUT2D eigenvalue weighted by atomic mass is 16.6. The van der Waals surface area contributed by atoms with Gasteiger partial charge in [-0.25, -0.2) is 0 Å². The van der Waals surface area contributed by atoms with E-state index in [1.165, 1.54) is 0 Å². The van der Waals surface area contributed by atoms with Crippen molar-refractivity contribution >= 4 is 17.6 Å². The van der Waals surface area contributed by atoms with E-state index in [1.807, 2.05) is 18.2 Å². The van der Waals surface area contributed by atoms with Crippen LogP contribution in [0.3, 0.4) is 0 Å². The Labute approximate surface area is 272 Å². The van der Waals surface area contributed by atoms with E-state index in [9.17, 15) is 9.59 Å². The molecule has 0 fully saturated rings. The van der Waals surface area contributed by atoms with Gasteiger partial charge in [0.15, 0.2) is 0 Å². The molecule has 1 rings (SSSR count). The number of rotatable bonds is 35. The van der Waals surface area contributed by atoms with Gasteiger partial charge in [-0.05, 0) is 18.6 Å². The van der Waals surface area contributed by atoms with Crippen LogP contribution in [0.2, 0.25) is 0 Å². The Kier molecular flexibility index (Phi) is 29.1. The fraction of sp³-hybridized carbons (Fsp3) is 0.742. The van der Waals surface area contributed by atoms with Crippen molar-refractivity contribution in [3.05, 3.63) is 24.3 Å². The van der Waals surface area contributed by atoms with Crippen LogP contribution >= 0.6 is 0 Å². The molecule has 1 amide bonds. The lowest BCUT2D eigenvalue weighted by atomic mass is 10.3. The lowest BCUT2D eigenvalue weighted by Gasteiger charge is -2.09. The molecule has 0 radical (unpaired) electrons. The summed E-state index contributed by atoms with van der Waals surface area (Å²) in [6.07, 6.45) is 0.476. The van der Waals surface area contributed by atoms with Crippen LogP contribution in [0, 0.1) is 0 Å². The predicted molar refractivity (Wildman–Crippen MR) is 168 cm³/mol. The quantitative estimate of drug-likeness (QED) is 0.0695. The van der Waals surface area contributed by atoms with Crippen LogP contribution in [0.15, 0.2) is 24.3 Å². The number of carbonyl (C=O) groups excluding carboxylic acids is 1. The molecule has 0 aliphatic heterocycles. The van der Waals surface area contributed by atoms with E-state index >= 15 is 0 Å². The number of anilines is 1. The molecule has 0 spiro atoms. The second-order valence-corrected chi connectivity index (χ2v) is 9.49. The van der Waals surface area contributed by atoms with E-state index in [1.54, 1.807) is 6.07 Å². The Morgan fingerprint density at radius 3 is 1.30 bits per heavy atom. The number of amides is 1. The molecule has 266 valence electrons. The van der Waals surface area contributed by atoms with E-state index < -0.39 is 5.97 Å². The summed E-state index contributed by atoms with van der Waals surface area (Å²) >= 11 is 0. The SMILES string of the molecule is Nc1ccccc1OCCOCCOCCOCCOCCOCCOCCOCCOCCOCCCNC(=O)CCC(=O)O. The Balaban J connectivity index is 1.65. The highest BCUT2D eigenvalue weighted by Crippen LogP contribution is 2.19. The number of hydrogen-bond donors (Lipinski definition) is 3. The zero-order chi connectivity index (χ0) is 33.2. The van der Waals surface area contributed by atoms with Gasteiger partial charge in [0.2, 0.25) is 5.91 Å². The summed E-state index contributed by atoms with van der Waals surface area (Å²) in [6, 6.07) is 7.35. The van der Waals surface area contributed by atoms with Crippen molar-refractivity contribution in [1.29, 1.82) is 0 Å². The van der Waals surface area contributed by atoms with Crippen molar-refractivity contribution in [1.82, 2.24) is 5.32 Å². The van der Waals surface area contributed by atoms with Crippen LogP contribution in [-0.2, 0) is 52.2 Å². The molecule has 15 heteroatoms. The van der Waals surface area contributed by atoms with Gasteiger partial charge in [0.05, 0.1) is 124 Å². The highest BCUT2D eigenvalue weighted by molar-refractivity contribution is 5.80. The van der Waals surface area contributed by atoms with Crippen molar-refractivity contribution in [2.24, 2.45) is 0 Å². The molecule has 4 N–H and O–H groups in total. The number of para-hydroxylation sites is 2. The molecule has 1 aromatic carbocycles. The van der Waals surface area contributed by atoms with E-state index in [2.05, 4.69) is 5.32 Å². The zero-order valence-corrected chi connectivity index (χ0v) is 27.0.